The van der Waals surface area contributed by atoms with Crippen LogP contribution in [-0.2, 0) is 9.59 Å². The summed E-state index contributed by atoms with van der Waals surface area (Å²) in [6.45, 7) is -0.402. The Labute approximate surface area is 200 Å². The van der Waals surface area contributed by atoms with E-state index in [9.17, 15) is 9.59 Å². The monoisotopic (exact) mass is 684 g/mol. The molecule has 6 nitrogen and oxygen atoms in total. The maximum Gasteiger partial charge on any atom is 0.341 e. The smallest absolute Gasteiger partial charge is 0.341 e. The molecule has 2 N–H and O–H groups in total. The molecule has 1 heterocycles. The van der Waals surface area contributed by atoms with E-state index in [1.54, 1.807) is 6.08 Å². The molecule has 10 heteroatoms. The van der Waals surface area contributed by atoms with Crippen LogP contribution in [0.5, 0.6) is 5.75 Å². The zero-order chi connectivity index (χ0) is 20.3. The lowest BCUT2D eigenvalue weighted by molar-refractivity contribution is -0.139. The normalized spacial score (nSPS) is 16.5. The maximum absolute atomic E-state index is 12.3. The van der Waals surface area contributed by atoms with Gasteiger partial charge in [-0.3, -0.25) is 4.79 Å². The number of hydrogen-bond acceptors (Lipinski definition) is 5. The second-order valence-corrected chi connectivity index (χ2v) is 9.72. The predicted octanol–water partition coefficient (Wildman–Crippen LogP) is 5.01. The second kappa shape index (κ2) is 9.59. The van der Waals surface area contributed by atoms with Crippen molar-refractivity contribution in [2.75, 3.05) is 6.61 Å². The number of hydrogen-bond donors (Lipinski definition) is 2. The number of aliphatic carboxylic acids is 1. The first-order valence-electron chi connectivity index (χ1n) is 7.70. The molecule has 1 amide bonds. The number of aliphatic imine (C=N–C) groups is 1. The summed E-state index contributed by atoms with van der Waals surface area (Å²) in [4.78, 5) is 27.9. The third kappa shape index (κ3) is 5.70. The van der Waals surface area contributed by atoms with Crippen molar-refractivity contribution in [2.24, 2.45) is 4.99 Å². The van der Waals surface area contributed by atoms with Gasteiger partial charge < -0.3 is 15.2 Å². The van der Waals surface area contributed by atoms with Crippen molar-refractivity contribution in [1.29, 1.82) is 0 Å². The summed E-state index contributed by atoms with van der Waals surface area (Å²) in [5.74, 6) is -0.724. The van der Waals surface area contributed by atoms with Gasteiger partial charge in [0.25, 0.3) is 5.91 Å². The van der Waals surface area contributed by atoms with Crippen LogP contribution in [0.4, 0.5) is 5.69 Å². The third-order valence-electron chi connectivity index (χ3n) is 3.37. The van der Waals surface area contributed by atoms with Gasteiger partial charge in [-0.05, 0) is 105 Å². The first-order valence-corrected chi connectivity index (χ1v) is 11.5. The van der Waals surface area contributed by atoms with Crippen molar-refractivity contribution in [3.8, 4) is 5.75 Å². The maximum atomic E-state index is 12.3. The summed E-state index contributed by atoms with van der Waals surface area (Å²) in [6, 6.07) is 11.2. The van der Waals surface area contributed by atoms with Crippen LogP contribution in [0.15, 0.2) is 50.8 Å². The second-order valence-electron chi connectivity index (χ2n) is 5.45. The van der Waals surface area contributed by atoms with Gasteiger partial charge in [0.1, 0.15) is 5.75 Å². The molecule has 0 aromatic heterocycles. The summed E-state index contributed by atoms with van der Waals surface area (Å²) in [6.07, 6.45) is 1.77. The largest absolute Gasteiger partial charge is 0.480 e. The number of carbonyl (C=O) groups excluding carboxylic acids is 1. The minimum Gasteiger partial charge on any atom is -0.480 e. The Morgan fingerprint density at radius 3 is 2.50 bits per heavy atom. The van der Waals surface area contributed by atoms with Gasteiger partial charge >= 0.3 is 5.97 Å². The topological polar surface area (TPSA) is 88.0 Å². The van der Waals surface area contributed by atoms with Crippen molar-refractivity contribution < 1.29 is 19.4 Å². The average Bonchev–Trinajstić information content (AvgIpc) is 2.95. The van der Waals surface area contributed by atoms with Crippen molar-refractivity contribution >= 4 is 102 Å². The molecule has 28 heavy (non-hydrogen) atoms. The lowest BCUT2D eigenvalue weighted by Crippen LogP contribution is -2.19. The molecule has 0 saturated carbocycles. The van der Waals surface area contributed by atoms with Crippen LogP contribution in [0.3, 0.4) is 0 Å². The molecule has 1 saturated heterocycles. The summed E-state index contributed by atoms with van der Waals surface area (Å²) in [5.41, 5.74) is 1.57. The van der Waals surface area contributed by atoms with E-state index in [4.69, 9.17) is 9.84 Å². The van der Waals surface area contributed by atoms with E-state index in [-0.39, 0.29) is 5.91 Å². The van der Waals surface area contributed by atoms with E-state index in [0.717, 1.165) is 22.9 Å². The fourth-order valence-corrected chi connectivity index (χ4v) is 5.43. The molecular weight excluding hydrogens is 674 g/mol. The van der Waals surface area contributed by atoms with E-state index in [0.29, 0.717) is 15.8 Å². The number of carbonyl (C=O) groups is 2. The summed E-state index contributed by atoms with van der Waals surface area (Å²) in [7, 11) is 0. The first-order chi connectivity index (χ1) is 13.3. The van der Waals surface area contributed by atoms with Gasteiger partial charge in [0, 0.05) is 4.47 Å². The number of rotatable bonds is 5. The number of halogens is 3. The van der Waals surface area contributed by atoms with Crippen LogP contribution in [0.2, 0.25) is 0 Å². The van der Waals surface area contributed by atoms with E-state index < -0.39 is 12.6 Å². The summed E-state index contributed by atoms with van der Waals surface area (Å²) >= 11 is 8.81. The zero-order valence-corrected chi connectivity index (χ0v) is 20.6. The molecular formula is C18H11BrI2N2O4S. The number of amides is 1. The standard InChI is InChI=1S/C18H11BrI2N2O4S/c19-10-1-3-11(4-2-10)22-18-23-17(26)14(28-18)7-9-5-12(20)16(13(21)6-9)27-8-15(24)25/h1-7H,8H2,(H,24,25)(H,22,23,26)/b14-7-. The molecule has 144 valence electrons. The minimum atomic E-state index is -1.03. The van der Waals surface area contributed by atoms with Crippen molar-refractivity contribution in [3.63, 3.8) is 0 Å². The van der Waals surface area contributed by atoms with E-state index in [1.165, 1.54) is 11.8 Å². The van der Waals surface area contributed by atoms with Crippen molar-refractivity contribution in [2.45, 2.75) is 0 Å². The molecule has 2 aromatic rings. The Morgan fingerprint density at radius 2 is 1.89 bits per heavy atom. The van der Waals surface area contributed by atoms with Crippen LogP contribution >= 0.6 is 72.9 Å². The SMILES string of the molecule is O=C(O)COc1c(I)cc(/C=C2\SC(=Nc3ccc(Br)cc3)NC2=O)cc1I. The zero-order valence-electron chi connectivity index (χ0n) is 13.9. The molecule has 3 rings (SSSR count). The minimum absolute atomic E-state index is 0.211. The highest BCUT2D eigenvalue weighted by atomic mass is 127. The van der Waals surface area contributed by atoms with Gasteiger partial charge in [0.2, 0.25) is 0 Å². The summed E-state index contributed by atoms with van der Waals surface area (Å²) in [5, 5.41) is 12.1. The number of nitrogens with one attached hydrogen (secondary N) is 1. The number of amidine groups is 1. The Hall–Kier alpha value is -1.12. The Balaban J connectivity index is 1.80. The number of benzene rings is 2. The Bertz CT molecular complexity index is 986. The highest BCUT2D eigenvalue weighted by molar-refractivity contribution is 14.1. The lowest BCUT2D eigenvalue weighted by atomic mass is 10.2. The fourth-order valence-electron chi connectivity index (χ4n) is 2.20. The highest BCUT2D eigenvalue weighted by Gasteiger charge is 2.24. The van der Waals surface area contributed by atoms with Gasteiger partial charge in [0.05, 0.1) is 17.7 Å². The van der Waals surface area contributed by atoms with E-state index in [1.807, 2.05) is 36.4 Å². The number of carboxylic acids is 1. The van der Waals surface area contributed by atoms with Crippen molar-refractivity contribution in [3.05, 3.63) is 58.5 Å². The van der Waals surface area contributed by atoms with Gasteiger partial charge in [0.15, 0.2) is 11.8 Å². The number of thioether (sulfide) groups is 1. The molecule has 0 atom stereocenters. The van der Waals surface area contributed by atoms with Crippen LogP contribution in [0, 0.1) is 7.14 Å². The van der Waals surface area contributed by atoms with Crippen LogP contribution in [-0.4, -0.2) is 28.8 Å². The molecule has 1 fully saturated rings. The first kappa shape index (κ1) is 21.6. The fraction of sp³-hybridized carbons (Fsp3) is 0.0556. The third-order valence-corrected chi connectivity index (χ3v) is 6.41. The van der Waals surface area contributed by atoms with Gasteiger partial charge in [-0.25, -0.2) is 9.79 Å². The van der Waals surface area contributed by atoms with E-state index >= 15 is 0 Å². The number of ether oxygens (including phenoxy) is 1. The predicted molar refractivity (Wildman–Crippen MR) is 130 cm³/mol. The molecule has 1 aliphatic heterocycles. The molecule has 2 aromatic carbocycles. The number of carboxylic acid groups (broad SMARTS) is 1. The Morgan fingerprint density at radius 1 is 1.25 bits per heavy atom. The molecule has 0 radical (unpaired) electrons. The lowest BCUT2D eigenvalue weighted by Gasteiger charge is -2.09. The van der Waals surface area contributed by atoms with Crippen LogP contribution in [0.25, 0.3) is 6.08 Å². The van der Waals surface area contributed by atoms with E-state index in [2.05, 4.69) is 71.4 Å². The highest BCUT2D eigenvalue weighted by Crippen LogP contribution is 2.32. The quantitative estimate of drug-likeness (QED) is 0.342. The molecule has 0 spiro atoms. The number of nitrogens with zero attached hydrogens (tertiary/aromatic N) is 1. The van der Waals surface area contributed by atoms with Crippen LogP contribution in [0.1, 0.15) is 5.56 Å². The molecule has 0 unspecified atom stereocenters. The van der Waals surface area contributed by atoms with Gasteiger partial charge in [-0.15, -0.1) is 0 Å². The molecule has 0 aliphatic carbocycles. The average molecular weight is 685 g/mol. The molecule has 0 bridgehead atoms. The van der Waals surface area contributed by atoms with Crippen LogP contribution < -0.4 is 10.1 Å². The van der Waals surface area contributed by atoms with Gasteiger partial charge in [-0.1, -0.05) is 15.9 Å². The Kier molecular flexibility index (Phi) is 7.39. The van der Waals surface area contributed by atoms with Gasteiger partial charge in [-0.2, -0.15) is 0 Å². The molecule has 1 aliphatic rings. The summed E-state index contributed by atoms with van der Waals surface area (Å²) < 4.78 is 7.82. The van der Waals surface area contributed by atoms with Crippen molar-refractivity contribution in [1.82, 2.24) is 5.32 Å².